The zero-order valence-electron chi connectivity index (χ0n) is 9.41. The SMILES string of the molecule is C[C@@H]1CCC[C@H](C)N1CCOCCS. The van der Waals surface area contributed by atoms with E-state index in [9.17, 15) is 0 Å². The van der Waals surface area contributed by atoms with E-state index in [1.807, 2.05) is 0 Å². The summed E-state index contributed by atoms with van der Waals surface area (Å²) in [6.45, 7) is 7.37. The molecule has 1 fully saturated rings. The number of thiol groups is 1. The van der Waals surface area contributed by atoms with Gasteiger partial charge in [-0.3, -0.25) is 4.90 Å². The molecular formula is C11H23NOS. The Morgan fingerprint density at radius 3 is 2.43 bits per heavy atom. The minimum absolute atomic E-state index is 0.735. The molecule has 0 amide bonds. The lowest BCUT2D eigenvalue weighted by molar-refractivity contribution is 0.0545. The summed E-state index contributed by atoms with van der Waals surface area (Å²) in [4.78, 5) is 2.57. The maximum atomic E-state index is 5.46. The van der Waals surface area contributed by atoms with Crippen molar-refractivity contribution >= 4 is 12.6 Å². The van der Waals surface area contributed by atoms with Gasteiger partial charge < -0.3 is 4.74 Å². The summed E-state index contributed by atoms with van der Waals surface area (Å²) in [5.41, 5.74) is 0. The van der Waals surface area contributed by atoms with E-state index in [-0.39, 0.29) is 0 Å². The van der Waals surface area contributed by atoms with Gasteiger partial charge >= 0.3 is 0 Å². The van der Waals surface area contributed by atoms with E-state index in [0.717, 1.165) is 37.6 Å². The quantitative estimate of drug-likeness (QED) is 0.560. The molecular weight excluding hydrogens is 194 g/mol. The van der Waals surface area contributed by atoms with Crippen LogP contribution in [0.1, 0.15) is 33.1 Å². The van der Waals surface area contributed by atoms with Gasteiger partial charge in [-0.05, 0) is 26.7 Å². The third kappa shape index (κ3) is 3.79. The zero-order chi connectivity index (χ0) is 10.4. The Morgan fingerprint density at radius 2 is 1.86 bits per heavy atom. The van der Waals surface area contributed by atoms with E-state index in [2.05, 4.69) is 31.4 Å². The predicted molar refractivity (Wildman–Crippen MR) is 64.2 cm³/mol. The van der Waals surface area contributed by atoms with Crippen LogP contribution in [0.4, 0.5) is 0 Å². The second-order valence-corrected chi connectivity index (χ2v) is 4.65. The molecule has 0 spiro atoms. The van der Waals surface area contributed by atoms with Gasteiger partial charge in [-0.25, -0.2) is 0 Å². The van der Waals surface area contributed by atoms with E-state index in [1.165, 1.54) is 19.3 Å². The molecule has 14 heavy (non-hydrogen) atoms. The van der Waals surface area contributed by atoms with Crippen molar-refractivity contribution in [3.8, 4) is 0 Å². The van der Waals surface area contributed by atoms with Crippen molar-refractivity contribution in [1.29, 1.82) is 0 Å². The van der Waals surface area contributed by atoms with Crippen LogP contribution in [0.3, 0.4) is 0 Å². The third-order valence-corrected chi connectivity index (χ3v) is 3.29. The number of hydrogen-bond donors (Lipinski definition) is 1. The normalized spacial score (nSPS) is 29.4. The molecule has 0 radical (unpaired) electrons. The van der Waals surface area contributed by atoms with Crippen LogP contribution in [-0.4, -0.2) is 42.5 Å². The van der Waals surface area contributed by atoms with Gasteiger partial charge in [0, 0.05) is 24.4 Å². The fourth-order valence-electron chi connectivity index (χ4n) is 2.25. The maximum absolute atomic E-state index is 5.46. The summed E-state index contributed by atoms with van der Waals surface area (Å²) in [6, 6.07) is 1.47. The van der Waals surface area contributed by atoms with Gasteiger partial charge in [0.25, 0.3) is 0 Å². The van der Waals surface area contributed by atoms with Gasteiger partial charge in [0.05, 0.1) is 13.2 Å². The summed E-state index contributed by atoms with van der Waals surface area (Å²) in [5.74, 6) is 0.825. The highest BCUT2D eigenvalue weighted by atomic mass is 32.1. The van der Waals surface area contributed by atoms with Crippen molar-refractivity contribution in [2.75, 3.05) is 25.5 Å². The Hall–Kier alpha value is 0.270. The van der Waals surface area contributed by atoms with Crippen molar-refractivity contribution in [2.24, 2.45) is 0 Å². The van der Waals surface area contributed by atoms with Crippen LogP contribution in [0.15, 0.2) is 0 Å². The highest BCUT2D eigenvalue weighted by Crippen LogP contribution is 2.21. The van der Waals surface area contributed by atoms with Crippen molar-refractivity contribution < 1.29 is 4.74 Å². The minimum Gasteiger partial charge on any atom is -0.379 e. The third-order valence-electron chi connectivity index (χ3n) is 3.11. The maximum Gasteiger partial charge on any atom is 0.0594 e. The van der Waals surface area contributed by atoms with Gasteiger partial charge in [-0.2, -0.15) is 12.6 Å². The highest BCUT2D eigenvalue weighted by molar-refractivity contribution is 7.80. The standard InChI is InChI=1S/C11H23NOS/c1-10-4-3-5-11(2)12(10)6-7-13-8-9-14/h10-11,14H,3-9H2,1-2H3/t10-,11+. The Labute approximate surface area is 93.4 Å². The number of nitrogens with zero attached hydrogens (tertiary/aromatic N) is 1. The average Bonchev–Trinajstić information content (AvgIpc) is 2.16. The Balaban J connectivity index is 2.19. The molecule has 1 aliphatic rings. The molecule has 0 aromatic heterocycles. The number of likely N-dealkylation sites (tertiary alicyclic amines) is 1. The first-order chi connectivity index (χ1) is 6.75. The van der Waals surface area contributed by atoms with Crippen LogP contribution in [0.25, 0.3) is 0 Å². The summed E-state index contributed by atoms with van der Waals surface area (Å²) in [7, 11) is 0. The molecule has 1 saturated heterocycles. The monoisotopic (exact) mass is 217 g/mol. The van der Waals surface area contributed by atoms with Gasteiger partial charge in [0.15, 0.2) is 0 Å². The number of ether oxygens (including phenoxy) is 1. The first-order valence-corrected chi connectivity index (χ1v) is 6.33. The summed E-state index contributed by atoms with van der Waals surface area (Å²) in [6.07, 6.45) is 4.07. The molecule has 0 unspecified atom stereocenters. The summed E-state index contributed by atoms with van der Waals surface area (Å²) in [5, 5.41) is 0. The molecule has 1 rings (SSSR count). The van der Waals surface area contributed by atoms with E-state index in [4.69, 9.17) is 4.74 Å². The second-order valence-electron chi connectivity index (χ2n) is 4.20. The van der Waals surface area contributed by atoms with E-state index in [1.54, 1.807) is 0 Å². The molecule has 0 aromatic carbocycles. The number of rotatable bonds is 5. The molecule has 3 heteroatoms. The largest absolute Gasteiger partial charge is 0.379 e. The number of piperidine rings is 1. The van der Waals surface area contributed by atoms with E-state index < -0.39 is 0 Å². The first kappa shape index (κ1) is 12.3. The smallest absolute Gasteiger partial charge is 0.0594 e. The lowest BCUT2D eigenvalue weighted by Crippen LogP contribution is -2.45. The van der Waals surface area contributed by atoms with Gasteiger partial charge in [0.1, 0.15) is 0 Å². The summed E-state index contributed by atoms with van der Waals surface area (Å²) >= 11 is 4.12. The van der Waals surface area contributed by atoms with Gasteiger partial charge in [-0.1, -0.05) is 6.42 Å². The molecule has 1 heterocycles. The average molecular weight is 217 g/mol. The van der Waals surface area contributed by atoms with Crippen LogP contribution < -0.4 is 0 Å². The van der Waals surface area contributed by atoms with Crippen molar-refractivity contribution in [1.82, 2.24) is 4.90 Å². The minimum atomic E-state index is 0.735. The Morgan fingerprint density at radius 1 is 1.21 bits per heavy atom. The van der Waals surface area contributed by atoms with Crippen LogP contribution in [0.5, 0.6) is 0 Å². The van der Waals surface area contributed by atoms with E-state index >= 15 is 0 Å². The van der Waals surface area contributed by atoms with Crippen molar-refractivity contribution in [3.63, 3.8) is 0 Å². The van der Waals surface area contributed by atoms with Gasteiger partial charge in [-0.15, -0.1) is 0 Å². The molecule has 0 aromatic rings. The molecule has 2 nitrogen and oxygen atoms in total. The summed E-state index contributed by atoms with van der Waals surface area (Å²) < 4.78 is 5.46. The molecule has 1 aliphatic heterocycles. The van der Waals surface area contributed by atoms with Crippen LogP contribution in [0, 0.1) is 0 Å². The van der Waals surface area contributed by atoms with Crippen LogP contribution in [-0.2, 0) is 4.74 Å². The molecule has 0 aliphatic carbocycles. The Kier molecular flexibility index (Phi) is 5.90. The predicted octanol–water partition coefficient (Wildman–Crippen LogP) is 2.20. The van der Waals surface area contributed by atoms with Crippen molar-refractivity contribution in [2.45, 2.75) is 45.2 Å². The second kappa shape index (κ2) is 6.70. The highest BCUT2D eigenvalue weighted by Gasteiger charge is 2.23. The van der Waals surface area contributed by atoms with Crippen LogP contribution in [0.2, 0.25) is 0 Å². The molecule has 0 saturated carbocycles. The van der Waals surface area contributed by atoms with E-state index in [0.29, 0.717) is 0 Å². The molecule has 84 valence electrons. The fraction of sp³-hybridized carbons (Fsp3) is 1.00. The Bertz CT molecular complexity index is 144. The first-order valence-electron chi connectivity index (χ1n) is 5.70. The zero-order valence-corrected chi connectivity index (χ0v) is 10.3. The molecule has 2 atom stereocenters. The van der Waals surface area contributed by atoms with Crippen molar-refractivity contribution in [3.05, 3.63) is 0 Å². The topological polar surface area (TPSA) is 12.5 Å². The number of hydrogen-bond acceptors (Lipinski definition) is 3. The lowest BCUT2D eigenvalue weighted by atomic mass is 9.98. The molecule has 0 N–H and O–H groups in total. The van der Waals surface area contributed by atoms with Gasteiger partial charge in [0.2, 0.25) is 0 Å². The lowest BCUT2D eigenvalue weighted by Gasteiger charge is -2.38. The van der Waals surface area contributed by atoms with Crippen LogP contribution >= 0.6 is 12.6 Å². The molecule has 0 bridgehead atoms. The fourth-order valence-corrected chi connectivity index (χ4v) is 2.38.